The van der Waals surface area contributed by atoms with Gasteiger partial charge in [0.25, 0.3) is 0 Å². The zero-order valence-corrected chi connectivity index (χ0v) is 22.7. The molecule has 0 amide bonds. The van der Waals surface area contributed by atoms with E-state index in [0.717, 1.165) is 55.0 Å². The van der Waals surface area contributed by atoms with Crippen LogP contribution in [0, 0.1) is 13.1 Å². The molecule has 5 nitrogen and oxygen atoms in total. The van der Waals surface area contributed by atoms with E-state index in [9.17, 15) is 0 Å². The van der Waals surface area contributed by atoms with E-state index in [1.807, 2.05) is 30.3 Å². The number of benzene rings is 6. The topological polar surface area (TPSA) is 31.7 Å². The first-order chi connectivity index (χ1) is 21.3. The maximum atomic E-state index is 7.99. The normalized spacial score (nSPS) is 11.7. The van der Waals surface area contributed by atoms with Crippen molar-refractivity contribution in [2.24, 2.45) is 0 Å². The third-order valence-corrected chi connectivity index (χ3v) is 8.53. The van der Waals surface area contributed by atoms with Crippen LogP contribution in [0.4, 0.5) is 11.4 Å². The molecule has 9 aromatic rings. The largest absolute Gasteiger partial charge is 0.478 e. The van der Waals surface area contributed by atoms with Gasteiger partial charge in [-0.2, -0.15) is 0 Å². The maximum Gasteiger partial charge on any atom is 0.230 e. The predicted molar refractivity (Wildman–Crippen MR) is 175 cm³/mol. The van der Waals surface area contributed by atoms with Crippen LogP contribution in [0.3, 0.4) is 0 Å². The zero-order valence-electron chi connectivity index (χ0n) is 22.7. The minimum Gasteiger partial charge on any atom is -0.478 e. The maximum absolute atomic E-state index is 7.99. The van der Waals surface area contributed by atoms with Crippen molar-refractivity contribution < 1.29 is 4.42 Å². The Balaban J connectivity index is 1.44. The molecule has 0 radical (unpaired) electrons. The highest BCUT2D eigenvalue weighted by atomic mass is 16.3. The van der Waals surface area contributed by atoms with Crippen molar-refractivity contribution in [2.45, 2.75) is 0 Å². The lowest BCUT2D eigenvalue weighted by atomic mass is 10.1. The fraction of sp³-hybridized carbons (Fsp3) is 0. The highest BCUT2D eigenvalue weighted by Gasteiger charge is 2.23. The summed E-state index contributed by atoms with van der Waals surface area (Å²) in [5.74, 6) is 0. The van der Waals surface area contributed by atoms with Gasteiger partial charge < -0.3 is 13.6 Å². The third kappa shape index (κ3) is 3.08. The molecule has 0 atom stereocenters. The molecule has 0 N–H and O–H groups in total. The summed E-state index contributed by atoms with van der Waals surface area (Å²) in [5.41, 5.74) is 8.27. The molecule has 0 unspecified atom stereocenters. The Morgan fingerprint density at radius 2 is 1.00 bits per heavy atom. The van der Waals surface area contributed by atoms with Crippen molar-refractivity contribution >= 4 is 76.9 Å². The van der Waals surface area contributed by atoms with Crippen molar-refractivity contribution in [3.8, 4) is 11.4 Å². The Morgan fingerprint density at radius 1 is 0.465 bits per heavy atom. The SMILES string of the molecule is [C-]#[N+]c1cccc2c1oc1c([N+]#[C-])cc3c4ccccc4n(-c4cccc(-n5c6ccccc6c6ccccc65)c4)c3c12. The van der Waals surface area contributed by atoms with Gasteiger partial charge in [0.2, 0.25) is 11.4 Å². The quantitative estimate of drug-likeness (QED) is 0.198. The van der Waals surface area contributed by atoms with Crippen molar-refractivity contribution in [1.29, 1.82) is 0 Å². The molecular formula is C38H20N4O. The minimum absolute atomic E-state index is 0.439. The monoisotopic (exact) mass is 548 g/mol. The molecule has 3 aromatic heterocycles. The molecular weight excluding hydrogens is 528 g/mol. The van der Waals surface area contributed by atoms with Gasteiger partial charge in [-0.05, 0) is 47.9 Å². The molecule has 5 heteroatoms. The molecule has 0 bridgehead atoms. The first-order valence-corrected chi connectivity index (χ1v) is 14.0. The van der Waals surface area contributed by atoms with Gasteiger partial charge in [0.15, 0.2) is 0 Å². The van der Waals surface area contributed by atoms with Crippen molar-refractivity contribution in [1.82, 2.24) is 9.13 Å². The second-order valence-electron chi connectivity index (χ2n) is 10.7. The van der Waals surface area contributed by atoms with Crippen molar-refractivity contribution in [3.63, 3.8) is 0 Å². The van der Waals surface area contributed by atoms with Crippen LogP contribution in [0.15, 0.2) is 126 Å². The number of hydrogen-bond donors (Lipinski definition) is 0. The fourth-order valence-electron chi connectivity index (χ4n) is 6.79. The van der Waals surface area contributed by atoms with E-state index < -0.39 is 0 Å². The van der Waals surface area contributed by atoms with Crippen LogP contribution in [0.25, 0.3) is 86.6 Å². The Bertz CT molecular complexity index is 2650. The summed E-state index contributed by atoms with van der Waals surface area (Å²) in [4.78, 5) is 7.57. The first-order valence-electron chi connectivity index (χ1n) is 14.0. The van der Waals surface area contributed by atoms with Crippen LogP contribution in [0.5, 0.6) is 0 Å². The van der Waals surface area contributed by atoms with Crippen molar-refractivity contribution in [3.05, 3.63) is 144 Å². The Kier molecular flexibility index (Phi) is 4.68. The number of rotatable bonds is 2. The van der Waals surface area contributed by atoms with E-state index in [-0.39, 0.29) is 0 Å². The number of para-hydroxylation sites is 4. The fourth-order valence-corrected chi connectivity index (χ4v) is 6.79. The van der Waals surface area contributed by atoms with E-state index in [0.29, 0.717) is 22.5 Å². The highest BCUT2D eigenvalue weighted by Crippen LogP contribution is 2.46. The van der Waals surface area contributed by atoms with Gasteiger partial charge in [-0.3, -0.25) is 0 Å². The summed E-state index contributed by atoms with van der Waals surface area (Å²) >= 11 is 0. The van der Waals surface area contributed by atoms with Crippen molar-refractivity contribution in [2.75, 3.05) is 0 Å². The molecule has 0 fully saturated rings. The summed E-state index contributed by atoms with van der Waals surface area (Å²) in [7, 11) is 0. The molecule has 3 heterocycles. The molecule has 0 aliphatic carbocycles. The van der Waals surface area contributed by atoms with Gasteiger partial charge in [-0.25, -0.2) is 9.69 Å². The number of aromatic nitrogens is 2. The van der Waals surface area contributed by atoms with E-state index >= 15 is 0 Å². The van der Waals surface area contributed by atoms with Crippen LogP contribution in [-0.4, -0.2) is 9.13 Å². The second-order valence-corrected chi connectivity index (χ2v) is 10.7. The van der Waals surface area contributed by atoms with Gasteiger partial charge >= 0.3 is 0 Å². The molecule has 43 heavy (non-hydrogen) atoms. The average molecular weight is 549 g/mol. The molecule has 0 spiro atoms. The van der Waals surface area contributed by atoms with Crippen LogP contribution in [-0.2, 0) is 0 Å². The minimum atomic E-state index is 0.439. The van der Waals surface area contributed by atoms with Crippen LogP contribution in [0.2, 0.25) is 0 Å². The van der Waals surface area contributed by atoms with E-state index in [1.54, 1.807) is 6.07 Å². The Hall–Kier alpha value is -6.30. The molecule has 0 aliphatic rings. The number of furan rings is 1. The van der Waals surface area contributed by atoms with Gasteiger partial charge in [0, 0.05) is 38.3 Å². The lowest BCUT2D eigenvalue weighted by Gasteiger charge is -2.13. The zero-order chi connectivity index (χ0) is 28.7. The molecule has 6 aromatic carbocycles. The average Bonchev–Trinajstić information content (AvgIpc) is 3.72. The van der Waals surface area contributed by atoms with Gasteiger partial charge in [0.1, 0.15) is 11.2 Å². The lowest BCUT2D eigenvalue weighted by molar-refractivity contribution is 0.673. The van der Waals surface area contributed by atoms with Gasteiger partial charge in [-0.1, -0.05) is 78.9 Å². The van der Waals surface area contributed by atoms with E-state index in [1.165, 1.54) is 10.8 Å². The predicted octanol–water partition coefficient (Wildman–Crippen LogP) is 10.9. The van der Waals surface area contributed by atoms with Crippen LogP contribution >= 0.6 is 0 Å². The summed E-state index contributed by atoms with van der Waals surface area (Å²) in [6.07, 6.45) is 0. The molecule has 0 saturated heterocycles. The molecule has 0 aliphatic heterocycles. The summed E-state index contributed by atoms with van der Waals surface area (Å²) in [5, 5.41) is 6.15. The highest BCUT2D eigenvalue weighted by molar-refractivity contribution is 6.28. The number of fused-ring (bicyclic) bond motifs is 10. The number of hydrogen-bond acceptors (Lipinski definition) is 1. The summed E-state index contributed by atoms with van der Waals surface area (Å²) in [6, 6.07) is 41.5. The lowest BCUT2D eigenvalue weighted by Crippen LogP contribution is -1.98. The third-order valence-electron chi connectivity index (χ3n) is 8.53. The van der Waals surface area contributed by atoms with E-state index in [2.05, 4.69) is 104 Å². The van der Waals surface area contributed by atoms with Crippen LogP contribution < -0.4 is 0 Å². The summed E-state index contributed by atoms with van der Waals surface area (Å²) < 4.78 is 10.9. The van der Waals surface area contributed by atoms with Gasteiger partial charge in [0.05, 0.1) is 35.2 Å². The smallest absolute Gasteiger partial charge is 0.230 e. The first kappa shape index (κ1) is 23.4. The van der Waals surface area contributed by atoms with E-state index in [4.69, 9.17) is 17.6 Å². The Labute approximate surface area is 245 Å². The molecule has 198 valence electrons. The number of nitrogens with zero attached hydrogens (tertiary/aromatic N) is 4. The second kappa shape index (κ2) is 8.60. The molecule has 9 rings (SSSR count). The summed E-state index contributed by atoms with van der Waals surface area (Å²) in [6.45, 7) is 15.7. The standard InChI is InChI=1S/C38H20N4O/c1-39-30-17-10-16-28-35-36-29(22-31(40-2)38(35)43-37(28)30)27-15-5-8-20-34(27)42(36)24-12-9-11-23(21-24)41-32-18-6-3-13-25(32)26-14-4-7-19-33(26)41/h3-22H. The Morgan fingerprint density at radius 3 is 1.65 bits per heavy atom. The van der Waals surface area contributed by atoms with Gasteiger partial charge in [-0.15, -0.1) is 0 Å². The molecule has 0 saturated carbocycles. The van der Waals surface area contributed by atoms with Crippen LogP contribution in [0.1, 0.15) is 0 Å².